The van der Waals surface area contributed by atoms with Crippen LogP contribution in [0.1, 0.15) is 11.1 Å². The highest BCUT2D eigenvalue weighted by molar-refractivity contribution is 5.68. The van der Waals surface area contributed by atoms with Gasteiger partial charge in [0, 0.05) is 17.7 Å². The quantitative estimate of drug-likeness (QED) is 0.543. The second-order valence-electron chi connectivity index (χ2n) is 3.23. The van der Waals surface area contributed by atoms with Crippen molar-refractivity contribution in [2.75, 3.05) is 5.32 Å². The first-order valence-electron chi connectivity index (χ1n) is 4.30. The molecule has 13 heavy (non-hydrogen) atoms. The molecule has 3 rings (SSSR count). The van der Waals surface area contributed by atoms with Crippen LogP contribution in [0.3, 0.4) is 0 Å². The summed E-state index contributed by atoms with van der Waals surface area (Å²) in [6, 6.07) is 8.32. The van der Waals surface area contributed by atoms with Gasteiger partial charge in [0.05, 0.1) is 6.20 Å². The summed E-state index contributed by atoms with van der Waals surface area (Å²) in [5, 5.41) is 10.2. The van der Waals surface area contributed by atoms with Crippen molar-refractivity contribution in [3.05, 3.63) is 41.6 Å². The highest BCUT2D eigenvalue weighted by Crippen LogP contribution is 2.30. The van der Waals surface area contributed by atoms with Gasteiger partial charge in [-0.1, -0.05) is 18.2 Å². The summed E-state index contributed by atoms with van der Waals surface area (Å²) in [4.78, 5) is 0. The average molecular weight is 171 g/mol. The normalized spacial score (nSPS) is 12.9. The van der Waals surface area contributed by atoms with Crippen LogP contribution in [-0.2, 0) is 6.42 Å². The van der Waals surface area contributed by atoms with E-state index in [9.17, 15) is 0 Å². The first-order chi connectivity index (χ1) is 6.43. The Kier molecular flexibility index (Phi) is 1.22. The van der Waals surface area contributed by atoms with E-state index >= 15 is 0 Å². The molecule has 3 nitrogen and oxygen atoms in total. The van der Waals surface area contributed by atoms with Crippen molar-refractivity contribution in [3.63, 3.8) is 0 Å². The van der Waals surface area contributed by atoms with Crippen LogP contribution in [-0.4, -0.2) is 10.2 Å². The summed E-state index contributed by atoms with van der Waals surface area (Å²) in [6.45, 7) is 0. The Hall–Kier alpha value is -1.77. The molecule has 2 N–H and O–H groups in total. The summed E-state index contributed by atoms with van der Waals surface area (Å²) in [7, 11) is 0. The molecule has 1 aromatic heterocycles. The van der Waals surface area contributed by atoms with Gasteiger partial charge in [-0.25, -0.2) is 0 Å². The molecule has 1 aliphatic heterocycles. The van der Waals surface area contributed by atoms with Gasteiger partial charge in [0.15, 0.2) is 0 Å². The van der Waals surface area contributed by atoms with Crippen LogP contribution in [0, 0.1) is 0 Å². The largest absolute Gasteiger partial charge is 0.340 e. The molecule has 0 unspecified atom stereocenters. The molecule has 0 saturated carbocycles. The monoisotopic (exact) mass is 171 g/mol. The Morgan fingerprint density at radius 3 is 3.08 bits per heavy atom. The van der Waals surface area contributed by atoms with Crippen LogP contribution in [0.15, 0.2) is 30.5 Å². The summed E-state index contributed by atoms with van der Waals surface area (Å²) >= 11 is 0. The number of hydrogen-bond acceptors (Lipinski definition) is 2. The Balaban J connectivity index is 2.14. The van der Waals surface area contributed by atoms with Gasteiger partial charge in [-0.2, -0.15) is 5.10 Å². The van der Waals surface area contributed by atoms with E-state index in [0.29, 0.717) is 0 Å². The van der Waals surface area contributed by atoms with E-state index in [-0.39, 0.29) is 0 Å². The molecule has 2 aromatic rings. The van der Waals surface area contributed by atoms with E-state index in [2.05, 4.69) is 33.7 Å². The minimum Gasteiger partial charge on any atom is -0.340 e. The van der Waals surface area contributed by atoms with Crippen LogP contribution in [0.25, 0.3) is 0 Å². The Morgan fingerprint density at radius 1 is 1.15 bits per heavy atom. The van der Waals surface area contributed by atoms with Crippen molar-refractivity contribution in [1.82, 2.24) is 10.2 Å². The Labute approximate surface area is 75.8 Å². The number of nitrogens with zero attached hydrogens (tertiary/aromatic N) is 1. The lowest BCUT2D eigenvalue weighted by Gasteiger charge is -2.16. The maximum atomic E-state index is 4.00. The van der Waals surface area contributed by atoms with Crippen molar-refractivity contribution in [1.29, 1.82) is 0 Å². The average Bonchev–Trinajstić information content (AvgIpc) is 2.61. The van der Waals surface area contributed by atoms with Gasteiger partial charge in [-0.15, -0.1) is 0 Å². The molecule has 3 heteroatoms. The van der Waals surface area contributed by atoms with Gasteiger partial charge in [0.25, 0.3) is 0 Å². The molecule has 0 saturated heterocycles. The number of anilines is 2. The van der Waals surface area contributed by atoms with Crippen LogP contribution >= 0.6 is 0 Å². The number of fused-ring (bicyclic) bond motifs is 2. The van der Waals surface area contributed by atoms with E-state index in [0.717, 1.165) is 12.2 Å². The van der Waals surface area contributed by atoms with Gasteiger partial charge in [0.1, 0.15) is 5.82 Å². The predicted octanol–water partition coefficient (Wildman–Crippen LogP) is 2.06. The maximum Gasteiger partial charge on any atom is 0.129 e. The fraction of sp³-hybridized carbons (Fsp3) is 0.100. The SMILES string of the molecule is c1ccc2c(c1)Cc1cn[nH]c1N2. The zero-order chi connectivity index (χ0) is 8.67. The molecule has 0 aliphatic carbocycles. The highest BCUT2D eigenvalue weighted by atomic mass is 15.2. The molecule has 0 amide bonds. The summed E-state index contributed by atoms with van der Waals surface area (Å²) < 4.78 is 0. The van der Waals surface area contributed by atoms with E-state index in [1.54, 1.807) is 0 Å². The molecule has 0 atom stereocenters. The standard InChI is InChI=1S/C10H9N3/c1-2-4-9-7(3-1)5-8-6-11-13-10(8)12-9/h1-4,6H,5H2,(H2,11,12,13). The Bertz CT molecular complexity index is 405. The fourth-order valence-electron chi connectivity index (χ4n) is 1.69. The van der Waals surface area contributed by atoms with Crippen molar-refractivity contribution in [2.24, 2.45) is 0 Å². The van der Waals surface area contributed by atoms with Crippen LogP contribution < -0.4 is 5.32 Å². The zero-order valence-corrected chi connectivity index (χ0v) is 7.04. The molecule has 2 heterocycles. The van der Waals surface area contributed by atoms with Crippen LogP contribution in [0.5, 0.6) is 0 Å². The number of aromatic nitrogens is 2. The summed E-state index contributed by atoms with van der Waals surface area (Å²) in [5.74, 6) is 1.03. The first-order valence-corrected chi connectivity index (χ1v) is 4.30. The van der Waals surface area contributed by atoms with Crippen molar-refractivity contribution in [2.45, 2.75) is 6.42 Å². The summed E-state index contributed by atoms with van der Waals surface area (Å²) in [6.07, 6.45) is 2.84. The summed E-state index contributed by atoms with van der Waals surface area (Å²) in [5.41, 5.74) is 3.74. The third-order valence-corrected chi connectivity index (χ3v) is 2.38. The van der Waals surface area contributed by atoms with E-state index < -0.39 is 0 Å². The lowest BCUT2D eigenvalue weighted by atomic mass is 10.0. The molecule has 0 spiro atoms. The lowest BCUT2D eigenvalue weighted by Crippen LogP contribution is -2.04. The predicted molar refractivity (Wildman–Crippen MR) is 51.1 cm³/mol. The van der Waals surface area contributed by atoms with Gasteiger partial charge in [-0.05, 0) is 11.6 Å². The molecular formula is C10H9N3. The minimum atomic E-state index is 0.967. The Morgan fingerprint density at radius 2 is 2.08 bits per heavy atom. The minimum absolute atomic E-state index is 0.967. The van der Waals surface area contributed by atoms with Gasteiger partial charge >= 0.3 is 0 Å². The number of nitrogens with one attached hydrogen (secondary N) is 2. The van der Waals surface area contributed by atoms with Gasteiger partial charge in [-0.3, -0.25) is 5.10 Å². The highest BCUT2D eigenvalue weighted by Gasteiger charge is 2.14. The smallest absolute Gasteiger partial charge is 0.129 e. The third-order valence-electron chi connectivity index (χ3n) is 2.38. The number of hydrogen-bond donors (Lipinski definition) is 2. The van der Waals surface area contributed by atoms with E-state index in [1.165, 1.54) is 16.8 Å². The lowest BCUT2D eigenvalue weighted by molar-refractivity contribution is 1.09. The van der Waals surface area contributed by atoms with E-state index in [4.69, 9.17) is 0 Å². The van der Waals surface area contributed by atoms with Crippen molar-refractivity contribution >= 4 is 11.5 Å². The molecule has 1 aliphatic rings. The number of rotatable bonds is 0. The number of H-pyrrole nitrogens is 1. The first kappa shape index (κ1) is 6.71. The van der Waals surface area contributed by atoms with E-state index in [1.807, 2.05) is 12.3 Å². The topological polar surface area (TPSA) is 40.7 Å². The number of aromatic amines is 1. The van der Waals surface area contributed by atoms with Crippen molar-refractivity contribution in [3.8, 4) is 0 Å². The second-order valence-corrected chi connectivity index (χ2v) is 3.23. The third kappa shape index (κ3) is 0.935. The fourth-order valence-corrected chi connectivity index (χ4v) is 1.69. The second kappa shape index (κ2) is 2.36. The zero-order valence-electron chi connectivity index (χ0n) is 7.04. The molecule has 1 aromatic carbocycles. The number of benzene rings is 1. The van der Waals surface area contributed by atoms with Gasteiger partial charge in [0.2, 0.25) is 0 Å². The molecular weight excluding hydrogens is 162 g/mol. The molecule has 0 bridgehead atoms. The number of para-hydroxylation sites is 1. The van der Waals surface area contributed by atoms with Gasteiger partial charge < -0.3 is 5.32 Å². The van der Waals surface area contributed by atoms with Crippen molar-refractivity contribution < 1.29 is 0 Å². The van der Waals surface area contributed by atoms with Crippen LogP contribution in [0.2, 0.25) is 0 Å². The molecule has 64 valence electrons. The maximum absolute atomic E-state index is 4.00. The molecule has 0 fully saturated rings. The van der Waals surface area contributed by atoms with Crippen LogP contribution in [0.4, 0.5) is 11.5 Å². The molecule has 0 radical (unpaired) electrons.